The molecule has 0 bridgehead atoms. The first-order chi connectivity index (χ1) is 8.43. The van der Waals surface area contributed by atoms with Crippen molar-refractivity contribution in [3.63, 3.8) is 0 Å². The van der Waals surface area contributed by atoms with Gasteiger partial charge in [-0.1, -0.05) is 12.2 Å². The van der Waals surface area contributed by atoms with Gasteiger partial charge in [-0.2, -0.15) is 18.4 Å². The van der Waals surface area contributed by atoms with Gasteiger partial charge in [-0.05, 0) is 12.1 Å². The normalized spacial score (nSPS) is 16.6. The van der Waals surface area contributed by atoms with Crippen molar-refractivity contribution in [2.45, 2.75) is 12.6 Å². The molecule has 1 aliphatic rings. The summed E-state index contributed by atoms with van der Waals surface area (Å²) in [5, 5.41) is 8.72. The third kappa shape index (κ3) is 2.19. The first kappa shape index (κ1) is 12.5. The lowest BCUT2D eigenvalue weighted by molar-refractivity contribution is -0.0928. The molecule has 0 atom stereocenters. The van der Waals surface area contributed by atoms with Crippen LogP contribution in [0.3, 0.4) is 0 Å². The molecule has 1 aromatic heterocycles. The number of aliphatic imine (C=N–C) groups is 1. The van der Waals surface area contributed by atoms with Gasteiger partial charge in [0.15, 0.2) is 0 Å². The van der Waals surface area contributed by atoms with E-state index in [-0.39, 0.29) is 16.5 Å². The van der Waals surface area contributed by atoms with Crippen molar-refractivity contribution in [1.29, 1.82) is 5.26 Å². The molecule has 0 radical (unpaired) electrons. The highest BCUT2D eigenvalue weighted by molar-refractivity contribution is 7.80. The van der Waals surface area contributed by atoms with E-state index >= 15 is 0 Å². The van der Waals surface area contributed by atoms with Gasteiger partial charge in [0.2, 0.25) is 0 Å². The lowest BCUT2D eigenvalue weighted by Gasteiger charge is -2.18. The Kier molecular flexibility index (Phi) is 3.05. The molecular weight excluding hydrogens is 265 g/mol. The first-order valence-corrected chi connectivity index (χ1v) is 5.20. The Morgan fingerprint density at radius 1 is 1.44 bits per heavy atom. The van der Waals surface area contributed by atoms with E-state index in [1.165, 1.54) is 24.5 Å². The van der Waals surface area contributed by atoms with Crippen molar-refractivity contribution >= 4 is 22.9 Å². The summed E-state index contributed by atoms with van der Waals surface area (Å²) in [5.41, 5.74) is -1.49. The number of dihydropyridines is 1. The minimum atomic E-state index is -4.61. The van der Waals surface area contributed by atoms with Crippen LogP contribution < -0.4 is 0 Å². The zero-order valence-electron chi connectivity index (χ0n) is 8.78. The Morgan fingerprint density at radius 2 is 2.17 bits per heavy atom. The minimum absolute atomic E-state index is 0.0799. The molecule has 0 saturated carbocycles. The van der Waals surface area contributed by atoms with E-state index in [9.17, 15) is 13.2 Å². The number of halogens is 3. The molecule has 1 aliphatic heterocycles. The molecule has 0 fully saturated rings. The molecule has 0 aromatic carbocycles. The van der Waals surface area contributed by atoms with Crippen LogP contribution in [0.4, 0.5) is 13.2 Å². The summed E-state index contributed by atoms with van der Waals surface area (Å²) < 4.78 is 43.4. The molecule has 92 valence electrons. The molecule has 2 rings (SSSR count). The van der Waals surface area contributed by atoms with Gasteiger partial charge in [-0.3, -0.25) is 0 Å². The van der Waals surface area contributed by atoms with Gasteiger partial charge in [-0.25, -0.2) is 4.99 Å². The Morgan fingerprint density at radius 3 is 2.67 bits per heavy atom. The molecule has 1 aromatic rings. The predicted octanol–water partition coefficient (Wildman–Crippen LogP) is 3.18. The Balaban J connectivity index is 2.46. The summed E-state index contributed by atoms with van der Waals surface area (Å²) in [5.74, 6) is 0.219. The van der Waals surface area contributed by atoms with E-state index in [2.05, 4.69) is 4.99 Å². The summed E-state index contributed by atoms with van der Waals surface area (Å²) in [6.07, 6.45) is -3.79. The number of alkyl halides is 3. The van der Waals surface area contributed by atoms with Crippen molar-refractivity contribution in [1.82, 2.24) is 0 Å². The maximum atomic E-state index is 12.8. The number of hydrogen-bond acceptors (Lipinski definition) is 3. The zero-order valence-corrected chi connectivity index (χ0v) is 9.60. The van der Waals surface area contributed by atoms with Gasteiger partial charge in [0, 0.05) is 6.42 Å². The van der Waals surface area contributed by atoms with E-state index in [4.69, 9.17) is 21.9 Å². The fourth-order valence-corrected chi connectivity index (χ4v) is 1.82. The standard InChI is InChI=1S/C11H5F3N2OS/c12-11(13,14)7-4-8(9-2-1-3-17-9)16-10(18)6(7)5-15/h1-3H,4H2. The number of rotatable bonds is 1. The van der Waals surface area contributed by atoms with E-state index < -0.39 is 23.7 Å². The summed E-state index contributed by atoms with van der Waals surface area (Å²) >= 11 is 4.71. The van der Waals surface area contributed by atoms with Crippen LogP contribution >= 0.6 is 12.2 Å². The molecule has 0 spiro atoms. The highest BCUT2D eigenvalue weighted by Gasteiger charge is 2.40. The van der Waals surface area contributed by atoms with Crippen molar-refractivity contribution in [2.24, 2.45) is 4.99 Å². The smallest absolute Gasteiger partial charge is 0.414 e. The van der Waals surface area contributed by atoms with Crippen molar-refractivity contribution in [2.75, 3.05) is 0 Å². The van der Waals surface area contributed by atoms with Crippen molar-refractivity contribution in [3.05, 3.63) is 35.3 Å². The van der Waals surface area contributed by atoms with Gasteiger partial charge < -0.3 is 4.42 Å². The van der Waals surface area contributed by atoms with Gasteiger partial charge >= 0.3 is 6.18 Å². The van der Waals surface area contributed by atoms with Crippen LogP contribution in [0.2, 0.25) is 0 Å². The Bertz CT molecular complexity index is 591. The van der Waals surface area contributed by atoms with E-state index in [0.717, 1.165) is 0 Å². The number of furan rings is 1. The lowest BCUT2D eigenvalue weighted by atomic mass is 9.98. The average Bonchev–Trinajstić information content (AvgIpc) is 2.80. The second kappa shape index (κ2) is 4.38. The zero-order chi connectivity index (χ0) is 13.3. The summed E-state index contributed by atoms with van der Waals surface area (Å²) in [4.78, 5) is 3.46. The number of allylic oxidation sites excluding steroid dienone is 1. The lowest BCUT2D eigenvalue weighted by Crippen LogP contribution is -2.24. The quantitative estimate of drug-likeness (QED) is 0.736. The highest BCUT2D eigenvalue weighted by atomic mass is 32.1. The van der Waals surface area contributed by atoms with E-state index in [1.54, 1.807) is 0 Å². The fraction of sp³-hybridized carbons (Fsp3) is 0.182. The van der Waals surface area contributed by atoms with Gasteiger partial charge in [0.05, 0.1) is 23.1 Å². The number of thiocarbonyl (C=S) groups is 1. The molecule has 0 aliphatic carbocycles. The number of nitrogens with zero attached hydrogens (tertiary/aromatic N) is 2. The average molecular weight is 270 g/mol. The first-order valence-electron chi connectivity index (χ1n) is 4.79. The molecule has 18 heavy (non-hydrogen) atoms. The molecular formula is C11H5F3N2OS. The highest BCUT2D eigenvalue weighted by Crippen LogP contribution is 2.35. The van der Waals surface area contributed by atoms with Crippen molar-refractivity contribution in [3.8, 4) is 6.07 Å². The van der Waals surface area contributed by atoms with E-state index in [1.807, 2.05) is 0 Å². The third-order valence-electron chi connectivity index (χ3n) is 2.36. The van der Waals surface area contributed by atoms with Gasteiger partial charge in [-0.15, -0.1) is 0 Å². The minimum Gasteiger partial charge on any atom is -0.463 e. The van der Waals surface area contributed by atoms with Crippen LogP contribution in [0.5, 0.6) is 0 Å². The monoisotopic (exact) mass is 270 g/mol. The Labute approximate surface area is 105 Å². The van der Waals surface area contributed by atoms with Gasteiger partial charge in [0.1, 0.15) is 16.8 Å². The topological polar surface area (TPSA) is 49.3 Å². The second-order valence-corrected chi connectivity index (χ2v) is 3.87. The molecule has 7 heteroatoms. The maximum Gasteiger partial charge on any atom is 0.414 e. The van der Waals surface area contributed by atoms with Gasteiger partial charge in [0.25, 0.3) is 0 Å². The Hall–Kier alpha value is -1.94. The summed E-state index contributed by atoms with van der Waals surface area (Å²) in [7, 11) is 0. The van der Waals surface area contributed by atoms with Crippen LogP contribution in [0.15, 0.2) is 39.0 Å². The van der Waals surface area contributed by atoms with Crippen molar-refractivity contribution < 1.29 is 17.6 Å². The molecule has 0 N–H and O–H groups in total. The molecule has 0 saturated heterocycles. The molecule has 0 amide bonds. The summed E-state index contributed by atoms with van der Waals surface area (Å²) in [6.45, 7) is 0. The molecule has 2 heterocycles. The second-order valence-electron chi connectivity index (χ2n) is 3.48. The summed E-state index contributed by atoms with van der Waals surface area (Å²) in [6, 6.07) is 4.49. The van der Waals surface area contributed by atoms with Crippen LogP contribution in [0, 0.1) is 11.3 Å². The van der Waals surface area contributed by atoms with E-state index in [0.29, 0.717) is 0 Å². The maximum absolute atomic E-state index is 12.8. The largest absolute Gasteiger partial charge is 0.463 e. The van der Waals surface area contributed by atoms with Crippen LogP contribution in [-0.4, -0.2) is 16.9 Å². The van der Waals surface area contributed by atoms with Crippen LogP contribution in [0.1, 0.15) is 12.2 Å². The van der Waals surface area contributed by atoms with Crippen LogP contribution in [0.25, 0.3) is 0 Å². The third-order valence-corrected chi connectivity index (χ3v) is 2.65. The molecule has 0 unspecified atom stereocenters. The fourth-order valence-electron chi connectivity index (χ4n) is 1.55. The number of nitriles is 1. The molecule has 3 nitrogen and oxygen atoms in total. The van der Waals surface area contributed by atoms with Crippen LogP contribution in [-0.2, 0) is 0 Å². The predicted molar refractivity (Wildman–Crippen MR) is 61.2 cm³/mol. The SMILES string of the molecule is N#CC1=C(C(F)(F)F)CC(c2ccco2)=NC1=S. The number of hydrogen-bond donors (Lipinski definition) is 0.